The maximum atomic E-state index is 11.5. The van der Waals surface area contributed by atoms with E-state index in [1.54, 1.807) is 0 Å². The van der Waals surface area contributed by atoms with Crippen LogP contribution in [0.2, 0.25) is 0 Å². The summed E-state index contributed by atoms with van der Waals surface area (Å²) in [6.45, 7) is 18.9. The third-order valence-corrected chi connectivity index (χ3v) is 10.8. The largest absolute Gasteiger partial charge is 0.481 e. The molecule has 0 saturated carbocycles. The molecule has 1 aliphatic rings. The summed E-state index contributed by atoms with van der Waals surface area (Å²) in [6, 6.07) is 0. The van der Waals surface area contributed by atoms with Crippen LogP contribution < -0.4 is 43.8 Å². The molecule has 1 heterocycles. The monoisotopic (exact) mass is 1460 g/mol. The number of carboxylic acid groups (broad SMARTS) is 2. The summed E-state index contributed by atoms with van der Waals surface area (Å²) >= 11 is 0. The van der Waals surface area contributed by atoms with Crippen LogP contribution in [-0.4, -0.2) is 292 Å². The summed E-state index contributed by atoms with van der Waals surface area (Å²) < 4.78 is 56.1. The zero-order valence-electron chi connectivity index (χ0n) is 59.1. The topological polar surface area (TPSA) is 610 Å². The van der Waals surface area contributed by atoms with Crippen LogP contribution in [0.4, 0.5) is 0 Å². The second kappa shape index (κ2) is 86.5. The van der Waals surface area contributed by atoms with E-state index in [0.717, 1.165) is 19.3 Å². The number of hydrogen-bond acceptors (Lipinski definition) is 28. The van der Waals surface area contributed by atoms with Gasteiger partial charge in [0, 0.05) is 151 Å². The van der Waals surface area contributed by atoms with Gasteiger partial charge in [-0.2, -0.15) is 0 Å². The number of nitrogens with two attached hydrogens (primary N) is 3. The van der Waals surface area contributed by atoms with Crippen molar-refractivity contribution in [1.29, 1.82) is 0 Å². The molecule has 0 bridgehead atoms. The van der Waals surface area contributed by atoms with E-state index in [-0.39, 0.29) is 120 Å². The highest BCUT2D eigenvalue weighted by atomic mass is 16.7. The first kappa shape index (κ1) is 102. The van der Waals surface area contributed by atoms with Crippen LogP contribution in [0.15, 0.2) is 15.3 Å². The highest BCUT2D eigenvalue weighted by molar-refractivity contribution is 6.01. The Morgan fingerprint density at radius 3 is 0.842 bits per heavy atom. The number of carbonyl (C=O) groups excluding carboxylic acids is 8. The van der Waals surface area contributed by atoms with Gasteiger partial charge in [-0.25, -0.2) is 4.79 Å². The van der Waals surface area contributed by atoms with E-state index >= 15 is 0 Å². The number of imide groups is 1. The molecule has 0 spiro atoms. The van der Waals surface area contributed by atoms with Crippen LogP contribution in [0.1, 0.15) is 104 Å². The van der Waals surface area contributed by atoms with Gasteiger partial charge in [0.1, 0.15) is 0 Å². The molecule has 1 rings (SSSR count). The summed E-state index contributed by atoms with van der Waals surface area (Å²) in [5.41, 5.74) is 39.4. The Bertz CT molecular complexity index is 2140. The molecule has 1 aliphatic heterocycles. The Morgan fingerprint density at radius 1 is 0.366 bits per heavy atom. The lowest BCUT2D eigenvalue weighted by Crippen LogP contribution is -2.32. The molecule has 13 N–H and O–H groups in total. The van der Waals surface area contributed by atoms with E-state index in [1.807, 2.05) is 20.8 Å². The fourth-order valence-electron chi connectivity index (χ4n) is 6.12. The van der Waals surface area contributed by atoms with Crippen LogP contribution in [0.5, 0.6) is 0 Å². The minimum absolute atomic E-state index is 0.0151. The van der Waals surface area contributed by atoms with Crippen LogP contribution in [-0.2, 0) is 105 Å². The molecule has 0 radical (unpaired) electrons. The number of nitrogens with one attached hydrogen (secondary N) is 5. The zero-order valence-corrected chi connectivity index (χ0v) is 59.1. The van der Waals surface area contributed by atoms with Gasteiger partial charge < -0.3 is 111 Å². The zero-order chi connectivity index (χ0) is 76.1. The molecule has 0 aromatic rings. The number of carboxylic acids is 2. The molecule has 1 saturated heterocycles. The fourth-order valence-corrected chi connectivity index (χ4v) is 6.12. The van der Waals surface area contributed by atoms with Crippen molar-refractivity contribution in [2.24, 2.45) is 32.5 Å². The third-order valence-electron chi connectivity index (χ3n) is 10.8. The Hall–Kier alpha value is -7.73. The first-order valence-electron chi connectivity index (χ1n) is 33.2. The molecule has 101 heavy (non-hydrogen) atoms. The number of azide groups is 3. The van der Waals surface area contributed by atoms with Crippen LogP contribution in [0.25, 0.3) is 31.3 Å². The van der Waals surface area contributed by atoms with E-state index in [2.05, 4.69) is 61.5 Å². The highest BCUT2D eigenvalue weighted by Gasteiger charge is 2.32. The molecule has 0 unspecified atom stereocenters. The summed E-state index contributed by atoms with van der Waals surface area (Å²) in [5.74, 6) is -3.82. The molecule has 7 amide bonds. The second-order valence-electron chi connectivity index (χ2n) is 19.5. The first-order valence-corrected chi connectivity index (χ1v) is 33.2. The average Bonchev–Trinajstić information content (AvgIpc) is 1.74. The Morgan fingerprint density at radius 2 is 0.594 bits per heavy atom. The standard InChI is InChI=1S/C15H29N5O5.C14H28N6O5.C11H21NO5.C10H15NO5.C5H11NO3.C4H10N4O/c1-2-8-23-9-3-14(21)17-5-11-24-10-4-15(22)18-6-12-25-13-7-19-20-16;15-3-9-23-7-1-13(21)17-4-10-24-8-2-14(22)18-5-11-25-12-6-19-20-16;1-2-6-16-7-3-10(13)12-5-9-17-8-4-11(14)15;1-2-6-15-7-5-10(14)16-11-8(12)3-4-9(11)13;6-2-4-9-3-1-5(7)8;5-1-3-9-4-2-7-8-6/h2-13H2,1H3,(H,17,21)(H,18,22);1-12,15H2,(H,17,21)(H,18,22);2-9H2,1H3,(H,12,13)(H,14,15);2-7H2,1H3;1-4,6H2,(H,7,8);1-5H2. The summed E-state index contributed by atoms with van der Waals surface area (Å²) in [4.78, 5) is 123. The molecule has 0 aromatic carbocycles. The van der Waals surface area contributed by atoms with E-state index in [4.69, 9.17) is 96.1 Å². The minimum atomic E-state index is -0.887. The number of rotatable bonds is 61. The lowest BCUT2D eigenvalue weighted by molar-refractivity contribution is -0.198. The summed E-state index contributed by atoms with van der Waals surface area (Å²) in [6.07, 6.45) is 4.50. The minimum Gasteiger partial charge on any atom is -0.481 e. The third kappa shape index (κ3) is 92.3. The van der Waals surface area contributed by atoms with Crippen molar-refractivity contribution in [2.75, 3.05) is 217 Å². The highest BCUT2D eigenvalue weighted by Crippen LogP contribution is 2.12. The van der Waals surface area contributed by atoms with Crippen molar-refractivity contribution in [3.63, 3.8) is 0 Å². The predicted octanol–water partition coefficient (Wildman–Crippen LogP) is 0.616. The van der Waals surface area contributed by atoms with Gasteiger partial charge in [-0.1, -0.05) is 36.1 Å². The van der Waals surface area contributed by atoms with Gasteiger partial charge in [0.05, 0.1) is 145 Å². The lowest BCUT2D eigenvalue weighted by atomic mass is 10.4. The van der Waals surface area contributed by atoms with Crippen LogP contribution >= 0.6 is 0 Å². The average molecular weight is 1460 g/mol. The van der Waals surface area contributed by atoms with Gasteiger partial charge in [0.25, 0.3) is 11.8 Å². The molecule has 0 atom stereocenters. The fraction of sp³-hybridized carbons (Fsp3) is 0.831. The number of aliphatic carboxylic acids is 2. The van der Waals surface area contributed by atoms with Crippen molar-refractivity contribution < 1.29 is 115 Å². The van der Waals surface area contributed by atoms with Gasteiger partial charge >= 0.3 is 17.9 Å². The van der Waals surface area contributed by atoms with Crippen LogP contribution in [0.3, 0.4) is 0 Å². The molecule has 0 aliphatic carbocycles. The summed E-state index contributed by atoms with van der Waals surface area (Å²) in [5, 5.41) is 40.3. The van der Waals surface area contributed by atoms with Gasteiger partial charge in [-0.15, -0.1) is 5.06 Å². The number of nitrogens with zero attached hydrogens (tertiary/aromatic N) is 10. The molecule has 0 aromatic heterocycles. The van der Waals surface area contributed by atoms with Crippen LogP contribution in [0, 0.1) is 0 Å². The quantitative estimate of drug-likeness (QED) is 0.0131. The Balaban J connectivity index is -0.000000379. The van der Waals surface area contributed by atoms with E-state index in [9.17, 15) is 47.9 Å². The summed E-state index contributed by atoms with van der Waals surface area (Å²) in [7, 11) is 0. The smallest absolute Gasteiger partial charge is 0.335 e. The van der Waals surface area contributed by atoms with Gasteiger partial charge in [-0.3, -0.25) is 43.2 Å². The molecule has 42 nitrogen and oxygen atoms in total. The lowest BCUT2D eigenvalue weighted by Gasteiger charge is -2.12. The van der Waals surface area contributed by atoms with Crippen molar-refractivity contribution >= 4 is 59.3 Å². The van der Waals surface area contributed by atoms with E-state index in [0.29, 0.717) is 196 Å². The molecular formula is C59H114N18O24. The van der Waals surface area contributed by atoms with E-state index in [1.165, 1.54) is 0 Å². The molecule has 584 valence electrons. The van der Waals surface area contributed by atoms with Crippen molar-refractivity contribution in [3.05, 3.63) is 31.3 Å². The Kier molecular flexibility index (Phi) is 87.3. The number of ether oxygens (including phenoxy) is 11. The van der Waals surface area contributed by atoms with Crippen molar-refractivity contribution in [1.82, 2.24) is 31.6 Å². The van der Waals surface area contributed by atoms with Crippen molar-refractivity contribution in [3.8, 4) is 0 Å². The second-order valence-corrected chi connectivity index (χ2v) is 19.5. The number of amides is 7. The van der Waals surface area contributed by atoms with Gasteiger partial charge in [-0.05, 0) is 35.9 Å². The molecule has 1 fully saturated rings. The van der Waals surface area contributed by atoms with Gasteiger partial charge in [0.15, 0.2) is 0 Å². The normalized spacial score (nSPS) is 10.8. The SMILES string of the molecule is CCCOCCC(=O)NCCOCCC(=O)NCCOCCN=[N+]=[N-].CCCOCCC(=O)NCCOCCC(=O)O.CCCOCCC(=O)ON1C(=O)CCC1=O.NCCOCCC(=O)O.[N-]=[N+]=NCCOCCN.[N-]=[N+]=NCCOCCNC(=O)CCOCCNC(=O)CCOCCN. The Labute approximate surface area is 589 Å². The maximum Gasteiger partial charge on any atom is 0.335 e. The first-order chi connectivity index (χ1) is 48.9. The maximum absolute atomic E-state index is 11.5. The van der Waals surface area contributed by atoms with Crippen molar-refractivity contribution in [2.45, 2.75) is 104 Å². The number of hydrogen-bond donors (Lipinski definition) is 10. The molecular weight excluding hydrogens is 1340 g/mol. The number of carbonyl (C=O) groups is 10. The van der Waals surface area contributed by atoms with Gasteiger partial charge in [0.2, 0.25) is 29.5 Å². The predicted molar refractivity (Wildman–Crippen MR) is 364 cm³/mol. The van der Waals surface area contributed by atoms with E-state index < -0.39 is 29.7 Å². The number of hydroxylamine groups is 2. The molecule has 42 heteroatoms.